The molecular formula is C9H15N3OS2. The summed E-state index contributed by atoms with van der Waals surface area (Å²) in [6, 6.07) is 0. The molecule has 1 atom stereocenters. The fourth-order valence-electron chi connectivity index (χ4n) is 0.867. The largest absolute Gasteiger partial charge is 0.355 e. The SMILES string of the molecule is CC(C)CNC(=O)[C@H](C)Sc1nncs1. The van der Waals surface area contributed by atoms with E-state index in [2.05, 4.69) is 29.4 Å². The van der Waals surface area contributed by atoms with E-state index in [1.165, 1.54) is 23.1 Å². The Kier molecular flexibility index (Phi) is 5.04. The summed E-state index contributed by atoms with van der Waals surface area (Å²) >= 11 is 2.90. The van der Waals surface area contributed by atoms with Crippen molar-refractivity contribution in [2.45, 2.75) is 30.4 Å². The van der Waals surface area contributed by atoms with Gasteiger partial charge < -0.3 is 5.32 Å². The molecule has 0 aromatic carbocycles. The molecular weight excluding hydrogens is 230 g/mol. The minimum atomic E-state index is -0.114. The molecule has 1 N–H and O–H groups in total. The van der Waals surface area contributed by atoms with Gasteiger partial charge in [0.15, 0.2) is 4.34 Å². The van der Waals surface area contributed by atoms with Crippen LogP contribution in [0.1, 0.15) is 20.8 Å². The van der Waals surface area contributed by atoms with Crippen LogP contribution in [-0.2, 0) is 4.79 Å². The Morgan fingerprint density at radius 3 is 2.87 bits per heavy atom. The van der Waals surface area contributed by atoms with Crippen LogP contribution >= 0.6 is 23.1 Å². The van der Waals surface area contributed by atoms with Gasteiger partial charge in [0.2, 0.25) is 5.91 Å². The average molecular weight is 245 g/mol. The lowest BCUT2D eigenvalue weighted by Crippen LogP contribution is -2.33. The highest BCUT2D eigenvalue weighted by atomic mass is 32.2. The maximum absolute atomic E-state index is 11.6. The third-order valence-corrected chi connectivity index (χ3v) is 3.58. The molecule has 0 saturated heterocycles. The summed E-state index contributed by atoms with van der Waals surface area (Å²) in [5.41, 5.74) is 1.67. The highest BCUT2D eigenvalue weighted by Crippen LogP contribution is 2.23. The Bertz CT molecular complexity index is 300. The highest BCUT2D eigenvalue weighted by molar-refractivity contribution is 8.02. The van der Waals surface area contributed by atoms with Gasteiger partial charge >= 0.3 is 0 Å². The minimum absolute atomic E-state index is 0.0592. The number of amides is 1. The van der Waals surface area contributed by atoms with Gasteiger partial charge in [-0.15, -0.1) is 10.2 Å². The first-order chi connectivity index (χ1) is 7.09. The molecule has 1 amide bonds. The number of carbonyl (C=O) groups is 1. The normalized spacial score (nSPS) is 12.8. The van der Waals surface area contributed by atoms with Gasteiger partial charge in [-0.25, -0.2) is 0 Å². The van der Waals surface area contributed by atoms with Crippen molar-refractivity contribution < 1.29 is 4.79 Å². The summed E-state index contributed by atoms with van der Waals surface area (Å²) in [5, 5.41) is 10.4. The monoisotopic (exact) mass is 245 g/mol. The van der Waals surface area contributed by atoms with E-state index >= 15 is 0 Å². The number of rotatable bonds is 5. The van der Waals surface area contributed by atoms with Gasteiger partial charge in [0, 0.05) is 6.54 Å². The topological polar surface area (TPSA) is 54.9 Å². The molecule has 0 bridgehead atoms. The van der Waals surface area contributed by atoms with Crippen molar-refractivity contribution in [3.05, 3.63) is 5.51 Å². The number of aromatic nitrogens is 2. The fraction of sp³-hybridized carbons (Fsp3) is 0.667. The van der Waals surface area contributed by atoms with Crippen molar-refractivity contribution in [3.8, 4) is 0 Å². The molecule has 1 rings (SSSR count). The van der Waals surface area contributed by atoms with E-state index in [4.69, 9.17) is 0 Å². The number of thioether (sulfide) groups is 1. The zero-order valence-corrected chi connectivity index (χ0v) is 10.7. The molecule has 15 heavy (non-hydrogen) atoms. The zero-order valence-electron chi connectivity index (χ0n) is 9.06. The number of nitrogens with one attached hydrogen (secondary N) is 1. The molecule has 1 heterocycles. The lowest BCUT2D eigenvalue weighted by molar-refractivity contribution is -0.120. The van der Waals surface area contributed by atoms with Crippen molar-refractivity contribution in [2.75, 3.05) is 6.54 Å². The third-order valence-electron chi connectivity index (χ3n) is 1.67. The standard InChI is InChI=1S/C9H15N3OS2/c1-6(2)4-10-8(13)7(3)15-9-12-11-5-14-9/h5-7H,4H2,1-3H3,(H,10,13)/t7-/m0/s1. The summed E-state index contributed by atoms with van der Waals surface area (Å²) in [6.07, 6.45) is 0. The molecule has 0 aliphatic heterocycles. The smallest absolute Gasteiger partial charge is 0.233 e. The van der Waals surface area contributed by atoms with E-state index < -0.39 is 0 Å². The fourth-order valence-corrected chi connectivity index (χ4v) is 2.52. The highest BCUT2D eigenvalue weighted by Gasteiger charge is 2.15. The molecule has 4 nitrogen and oxygen atoms in total. The number of hydrogen-bond donors (Lipinski definition) is 1. The van der Waals surface area contributed by atoms with E-state index in [0.717, 1.165) is 10.9 Å². The molecule has 1 aromatic heterocycles. The predicted octanol–water partition coefficient (Wildman–Crippen LogP) is 1.79. The van der Waals surface area contributed by atoms with Crippen molar-refractivity contribution >= 4 is 29.0 Å². The van der Waals surface area contributed by atoms with E-state index in [1.807, 2.05) is 6.92 Å². The Balaban J connectivity index is 2.33. The summed E-state index contributed by atoms with van der Waals surface area (Å²) < 4.78 is 0.835. The first-order valence-electron chi connectivity index (χ1n) is 4.80. The Morgan fingerprint density at radius 1 is 1.60 bits per heavy atom. The van der Waals surface area contributed by atoms with Crippen LogP contribution in [-0.4, -0.2) is 27.9 Å². The predicted molar refractivity (Wildman–Crippen MR) is 63.1 cm³/mol. The number of hydrogen-bond acceptors (Lipinski definition) is 5. The average Bonchev–Trinajstić information content (AvgIpc) is 2.66. The van der Waals surface area contributed by atoms with Crippen molar-refractivity contribution in [1.29, 1.82) is 0 Å². The van der Waals surface area contributed by atoms with E-state index in [1.54, 1.807) is 5.51 Å². The van der Waals surface area contributed by atoms with Crippen LogP contribution in [0.3, 0.4) is 0 Å². The van der Waals surface area contributed by atoms with Crippen LogP contribution in [0.2, 0.25) is 0 Å². The maximum atomic E-state index is 11.6. The van der Waals surface area contributed by atoms with Gasteiger partial charge in [-0.1, -0.05) is 36.9 Å². The lowest BCUT2D eigenvalue weighted by atomic mass is 10.2. The van der Waals surface area contributed by atoms with Gasteiger partial charge in [0.25, 0.3) is 0 Å². The molecule has 0 saturated carbocycles. The Morgan fingerprint density at radius 2 is 2.33 bits per heavy atom. The van der Waals surface area contributed by atoms with Crippen molar-refractivity contribution in [2.24, 2.45) is 5.92 Å². The number of nitrogens with zero attached hydrogens (tertiary/aromatic N) is 2. The summed E-state index contributed by atoms with van der Waals surface area (Å²) in [4.78, 5) is 11.6. The second-order valence-corrected chi connectivity index (χ2v) is 6.02. The molecule has 0 unspecified atom stereocenters. The van der Waals surface area contributed by atoms with E-state index in [9.17, 15) is 4.79 Å². The van der Waals surface area contributed by atoms with Crippen molar-refractivity contribution in [3.63, 3.8) is 0 Å². The second-order valence-electron chi connectivity index (χ2n) is 3.60. The van der Waals surface area contributed by atoms with Gasteiger partial charge in [-0.05, 0) is 12.8 Å². The van der Waals surface area contributed by atoms with Crippen LogP contribution in [0, 0.1) is 5.92 Å². The Labute approximate surface area is 97.9 Å². The first-order valence-corrected chi connectivity index (χ1v) is 6.56. The van der Waals surface area contributed by atoms with E-state index in [0.29, 0.717) is 5.92 Å². The quantitative estimate of drug-likeness (QED) is 0.804. The van der Waals surface area contributed by atoms with Gasteiger partial charge in [-0.3, -0.25) is 4.79 Å². The molecule has 0 spiro atoms. The summed E-state index contributed by atoms with van der Waals surface area (Å²) in [7, 11) is 0. The van der Waals surface area contributed by atoms with Gasteiger partial charge in [0.05, 0.1) is 5.25 Å². The molecule has 0 fully saturated rings. The van der Waals surface area contributed by atoms with Crippen LogP contribution in [0.5, 0.6) is 0 Å². The van der Waals surface area contributed by atoms with Crippen molar-refractivity contribution in [1.82, 2.24) is 15.5 Å². The maximum Gasteiger partial charge on any atom is 0.233 e. The van der Waals surface area contributed by atoms with Crippen LogP contribution < -0.4 is 5.32 Å². The molecule has 0 radical (unpaired) electrons. The van der Waals surface area contributed by atoms with Crippen LogP contribution in [0.4, 0.5) is 0 Å². The van der Waals surface area contributed by atoms with E-state index in [-0.39, 0.29) is 11.2 Å². The molecule has 84 valence electrons. The summed E-state index contributed by atoms with van der Waals surface area (Å²) in [5.74, 6) is 0.538. The molecule has 0 aliphatic carbocycles. The molecule has 6 heteroatoms. The number of carbonyl (C=O) groups excluding carboxylic acids is 1. The van der Waals surface area contributed by atoms with Crippen LogP contribution in [0.25, 0.3) is 0 Å². The third kappa shape index (κ3) is 4.61. The zero-order chi connectivity index (χ0) is 11.3. The second kappa shape index (κ2) is 6.07. The van der Waals surface area contributed by atoms with Gasteiger partial charge in [-0.2, -0.15) is 0 Å². The molecule has 1 aromatic rings. The van der Waals surface area contributed by atoms with Crippen LogP contribution in [0.15, 0.2) is 9.85 Å². The first kappa shape index (κ1) is 12.4. The summed E-state index contributed by atoms with van der Waals surface area (Å²) in [6.45, 7) is 6.74. The lowest BCUT2D eigenvalue weighted by Gasteiger charge is -2.11. The minimum Gasteiger partial charge on any atom is -0.355 e. The Hall–Kier alpha value is -0.620. The molecule has 0 aliphatic rings. The van der Waals surface area contributed by atoms with Gasteiger partial charge in [0.1, 0.15) is 5.51 Å².